The molecule has 0 radical (unpaired) electrons. The Balaban J connectivity index is 1.68. The molecule has 0 fully saturated rings. The van der Waals surface area contributed by atoms with Crippen molar-refractivity contribution in [3.8, 4) is 0 Å². The Morgan fingerprint density at radius 1 is 1.05 bits per heavy atom. The monoisotopic (exact) mass is 277 g/mol. The van der Waals surface area contributed by atoms with Crippen LogP contribution in [0.3, 0.4) is 0 Å². The molecule has 2 aliphatic rings. The van der Waals surface area contributed by atoms with Crippen LogP contribution in [0.25, 0.3) is 0 Å². The van der Waals surface area contributed by atoms with Gasteiger partial charge in [0, 0.05) is 25.2 Å². The summed E-state index contributed by atoms with van der Waals surface area (Å²) in [6, 6.07) is 19.8. The maximum Gasteiger partial charge on any atom is 0.120 e. The second-order valence-electron chi connectivity index (χ2n) is 5.66. The van der Waals surface area contributed by atoms with E-state index in [2.05, 4.69) is 69.8 Å². The van der Waals surface area contributed by atoms with Crippen molar-refractivity contribution >= 4 is 11.5 Å². The summed E-state index contributed by atoms with van der Waals surface area (Å²) in [6.07, 6.45) is 1.05. The van der Waals surface area contributed by atoms with Crippen molar-refractivity contribution in [3.63, 3.8) is 0 Å². The Bertz CT molecular complexity index is 663. The first-order valence-corrected chi connectivity index (χ1v) is 7.58. The molecule has 2 aliphatic heterocycles. The van der Waals surface area contributed by atoms with Crippen LogP contribution in [0.1, 0.15) is 11.1 Å². The Morgan fingerprint density at radius 3 is 2.67 bits per heavy atom. The summed E-state index contributed by atoms with van der Waals surface area (Å²) in [7, 11) is 0. The van der Waals surface area contributed by atoms with Crippen LogP contribution >= 0.6 is 0 Å². The highest BCUT2D eigenvalue weighted by molar-refractivity contribution is 5.93. The van der Waals surface area contributed by atoms with Gasteiger partial charge in [-0.1, -0.05) is 48.5 Å². The summed E-state index contributed by atoms with van der Waals surface area (Å²) in [5, 5.41) is 3.46. The smallest absolute Gasteiger partial charge is 0.120 e. The summed E-state index contributed by atoms with van der Waals surface area (Å²) in [6.45, 7) is 2.81. The Kier molecular flexibility index (Phi) is 3.11. The van der Waals surface area contributed by atoms with E-state index in [1.54, 1.807) is 0 Å². The van der Waals surface area contributed by atoms with Gasteiger partial charge >= 0.3 is 0 Å². The Labute approximate surface area is 125 Å². The van der Waals surface area contributed by atoms with E-state index in [0.717, 1.165) is 31.9 Å². The normalized spacial score (nSPS) is 20.1. The van der Waals surface area contributed by atoms with E-state index in [0.29, 0.717) is 6.04 Å². The van der Waals surface area contributed by atoms with E-state index in [-0.39, 0.29) is 0 Å². The molecule has 2 heterocycles. The molecule has 3 nitrogen and oxygen atoms in total. The van der Waals surface area contributed by atoms with Crippen molar-refractivity contribution in [1.82, 2.24) is 5.32 Å². The zero-order valence-electron chi connectivity index (χ0n) is 12.0. The summed E-state index contributed by atoms with van der Waals surface area (Å²) in [5.41, 5.74) is 4.12. The van der Waals surface area contributed by atoms with E-state index in [9.17, 15) is 0 Å². The molecular formula is C18H19N3. The van der Waals surface area contributed by atoms with Crippen LogP contribution in [0.4, 0.5) is 5.69 Å². The predicted molar refractivity (Wildman–Crippen MR) is 86.9 cm³/mol. The van der Waals surface area contributed by atoms with Gasteiger partial charge in [0.05, 0.1) is 12.6 Å². The van der Waals surface area contributed by atoms with Gasteiger partial charge in [-0.15, -0.1) is 0 Å². The van der Waals surface area contributed by atoms with Gasteiger partial charge in [-0.3, -0.25) is 4.99 Å². The van der Waals surface area contributed by atoms with E-state index in [1.165, 1.54) is 16.8 Å². The van der Waals surface area contributed by atoms with Crippen molar-refractivity contribution in [2.75, 3.05) is 18.0 Å². The first-order chi connectivity index (χ1) is 10.4. The molecule has 1 atom stereocenters. The quantitative estimate of drug-likeness (QED) is 0.934. The van der Waals surface area contributed by atoms with E-state index in [1.807, 2.05) is 0 Å². The van der Waals surface area contributed by atoms with Crippen molar-refractivity contribution in [2.45, 2.75) is 19.0 Å². The van der Waals surface area contributed by atoms with E-state index < -0.39 is 0 Å². The fourth-order valence-corrected chi connectivity index (χ4v) is 3.31. The zero-order chi connectivity index (χ0) is 14.1. The fourth-order valence-electron chi connectivity index (χ4n) is 3.31. The molecule has 106 valence electrons. The van der Waals surface area contributed by atoms with Gasteiger partial charge in [0.15, 0.2) is 0 Å². The minimum atomic E-state index is 0.352. The SMILES string of the molecule is c1ccc(CN2c3ccccc3C[C@H]2C2=NCCN2)cc1. The lowest BCUT2D eigenvalue weighted by Crippen LogP contribution is -2.43. The number of nitrogens with zero attached hydrogens (tertiary/aromatic N) is 2. The molecule has 4 rings (SSSR count). The molecule has 21 heavy (non-hydrogen) atoms. The van der Waals surface area contributed by atoms with Crippen LogP contribution in [-0.4, -0.2) is 25.0 Å². The van der Waals surface area contributed by atoms with Crippen LogP contribution < -0.4 is 10.2 Å². The number of benzene rings is 2. The molecule has 0 aromatic heterocycles. The maximum absolute atomic E-state index is 4.66. The Hall–Kier alpha value is -2.29. The summed E-state index contributed by atoms with van der Waals surface area (Å²) in [5.74, 6) is 1.15. The first kappa shape index (κ1) is 12.5. The molecule has 0 bridgehead atoms. The average molecular weight is 277 g/mol. The average Bonchev–Trinajstić information content (AvgIpc) is 3.16. The van der Waals surface area contributed by atoms with Crippen molar-refractivity contribution in [2.24, 2.45) is 4.99 Å². The van der Waals surface area contributed by atoms with Crippen LogP contribution in [0.2, 0.25) is 0 Å². The molecule has 0 aliphatic carbocycles. The van der Waals surface area contributed by atoms with Gasteiger partial charge in [-0.2, -0.15) is 0 Å². The number of fused-ring (bicyclic) bond motifs is 1. The van der Waals surface area contributed by atoms with Crippen molar-refractivity contribution < 1.29 is 0 Å². The van der Waals surface area contributed by atoms with Gasteiger partial charge in [-0.05, 0) is 17.2 Å². The van der Waals surface area contributed by atoms with E-state index in [4.69, 9.17) is 0 Å². The lowest BCUT2D eigenvalue weighted by atomic mass is 10.1. The number of aliphatic imine (C=N–C) groups is 1. The van der Waals surface area contributed by atoms with E-state index >= 15 is 0 Å². The molecular weight excluding hydrogens is 258 g/mol. The molecule has 0 saturated carbocycles. The summed E-state index contributed by atoms with van der Waals surface area (Å²) >= 11 is 0. The van der Waals surface area contributed by atoms with Crippen molar-refractivity contribution in [1.29, 1.82) is 0 Å². The minimum absolute atomic E-state index is 0.352. The molecule has 1 N–H and O–H groups in total. The van der Waals surface area contributed by atoms with Crippen LogP contribution in [0, 0.1) is 0 Å². The molecule has 2 aromatic carbocycles. The van der Waals surface area contributed by atoms with Gasteiger partial charge in [-0.25, -0.2) is 0 Å². The van der Waals surface area contributed by atoms with Crippen LogP contribution in [-0.2, 0) is 13.0 Å². The standard InChI is InChI=1S/C18H19N3/c1-2-6-14(7-3-1)13-21-16-9-5-4-8-15(16)12-17(21)18-19-10-11-20-18/h1-9,17H,10-13H2,(H,19,20)/t17-/m0/s1. The number of hydrogen-bond acceptors (Lipinski definition) is 3. The molecule has 0 saturated heterocycles. The molecule has 3 heteroatoms. The highest BCUT2D eigenvalue weighted by Gasteiger charge is 2.33. The van der Waals surface area contributed by atoms with Crippen molar-refractivity contribution in [3.05, 3.63) is 65.7 Å². The summed E-state index contributed by atoms with van der Waals surface area (Å²) in [4.78, 5) is 7.14. The topological polar surface area (TPSA) is 27.6 Å². The number of para-hydroxylation sites is 1. The number of hydrogen-bond donors (Lipinski definition) is 1. The third-order valence-electron chi connectivity index (χ3n) is 4.30. The highest BCUT2D eigenvalue weighted by atomic mass is 15.2. The highest BCUT2D eigenvalue weighted by Crippen LogP contribution is 2.33. The van der Waals surface area contributed by atoms with Gasteiger partial charge in [0.25, 0.3) is 0 Å². The number of rotatable bonds is 3. The summed E-state index contributed by atoms with van der Waals surface area (Å²) < 4.78 is 0. The van der Waals surface area contributed by atoms with Gasteiger partial charge < -0.3 is 10.2 Å². The fraction of sp³-hybridized carbons (Fsp3) is 0.278. The van der Waals surface area contributed by atoms with Crippen LogP contribution in [0.5, 0.6) is 0 Å². The molecule has 0 amide bonds. The predicted octanol–water partition coefficient (Wildman–Crippen LogP) is 2.62. The molecule has 2 aromatic rings. The lowest BCUT2D eigenvalue weighted by molar-refractivity contribution is 0.739. The number of amidine groups is 1. The maximum atomic E-state index is 4.66. The first-order valence-electron chi connectivity index (χ1n) is 7.58. The minimum Gasteiger partial charge on any atom is -0.370 e. The van der Waals surface area contributed by atoms with Gasteiger partial charge in [0.1, 0.15) is 5.84 Å². The Morgan fingerprint density at radius 2 is 1.86 bits per heavy atom. The number of anilines is 1. The second kappa shape index (κ2) is 5.24. The largest absolute Gasteiger partial charge is 0.370 e. The molecule has 0 spiro atoms. The second-order valence-corrected chi connectivity index (χ2v) is 5.66. The van der Waals surface area contributed by atoms with Crippen LogP contribution in [0.15, 0.2) is 59.6 Å². The third kappa shape index (κ3) is 2.29. The van der Waals surface area contributed by atoms with Gasteiger partial charge in [0.2, 0.25) is 0 Å². The number of nitrogens with one attached hydrogen (secondary N) is 1. The lowest BCUT2D eigenvalue weighted by Gasteiger charge is -2.28. The third-order valence-corrected chi connectivity index (χ3v) is 4.30. The molecule has 0 unspecified atom stereocenters. The zero-order valence-corrected chi connectivity index (χ0v) is 12.0.